The number of sulfonamides is 1. The minimum atomic E-state index is -3.79. The first-order valence-corrected chi connectivity index (χ1v) is 7.71. The largest absolute Gasteiger partial charge is 0.506 e. The number of nitrogens with one attached hydrogen (secondary N) is 1. The van der Waals surface area contributed by atoms with E-state index in [2.05, 4.69) is 4.72 Å². The van der Waals surface area contributed by atoms with Gasteiger partial charge < -0.3 is 5.11 Å². The molecule has 0 aliphatic heterocycles. The average molecular weight is 323 g/mol. The van der Waals surface area contributed by atoms with Crippen molar-refractivity contribution >= 4 is 27.3 Å². The van der Waals surface area contributed by atoms with Gasteiger partial charge in [-0.15, -0.1) is 0 Å². The van der Waals surface area contributed by atoms with Gasteiger partial charge in [-0.2, -0.15) is 5.26 Å². The van der Waals surface area contributed by atoms with Crippen LogP contribution in [0.1, 0.15) is 11.1 Å². The fourth-order valence-corrected chi connectivity index (χ4v) is 3.03. The zero-order valence-corrected chi connectivity index (χ0v) is 12.5. The summed E-state index contributed by atoms with van der Waals surface area (Å²) in [5, 5.41) is 18.2. The van der Waals surface area contributed by atoms with Crippen LogP contribution in [0.2, 0.25) is 5.02 Å². The van der Waals surface area contributed by atoms with E-state index in [4.69, 9.17) is 16.9 Å². The van der Waals surface area contributed by atoms with Crippen LogP contribution in [0, 0.1) is 18.3 Å². The first-order valence-electron chi connectivity index (χ1n) is 5.85. The van der Waals surface area contributed by atoms with Crippen molar-refractivity contribution < 1.29 is 13.5 Å². The summed E-state index contributed by atoms with van der Waals surface area (Å²) in [4.78, 5) is 0.0446. The summed E-state index contributed by atoms with van der Waals surface area (Å²) in [6, 6.07) is 10.2. The minimum Gasteiger partial charge on any atom is -0.506 e. The van der Waals surface area contributed by atoms with Crippen molar-refractivity contribution in [3.8, 4) is 11.8 Å². The highest BCUT2D eigenvalue weighted by atomic mass is 35.5. The fourth-order valence-electron chi connectivity index (χ4n) is 1.71. The third-order valence-electron chi connectivity index (χ3n) is 2.83. The Morgan fingerprint density at radius 2 is 1.95 bits per heavy atom. The van der Waals surface area contributed by atoms with Crippen LogP contribution in [-0.2, 0) is 10.0 Å². The Labute approximate surface area is 127 Å². The Morgan fingerprint density at radius 3 is 2.52 bits per heavy atom. The van der Waals surface area contributed by atoms with Gasteiger partial charge in [0.1, 0.15) is 5.75 Å². The third-order valence-corrected chi connectivity index (χ3v) is 4.51. The third kappa shape index (κ3) is 3.27. The minimum absolute atomic E-state index is 0.0446. The molecule has 7 heteroatoms. The van der Waals surface area contributed by atoms with Crippen LogP contribution < -0.4 is 4.72 Å². The molecule has 0 saturated carbocycles. The highest BCUT2D eigenvalue weighted by Crippen LogP contribution is 2.27. The molecular formula is C14H11ClN2O3S. The molecule has 0 radical (unpaired) electrons. The molecule has 21 heavy (non-hydrogen) atoms. The first kappa shape index (κ1) is 15.2. The van der Waals surface area contributed by atoms with E-state index >= 15 is 0 Å². The molecule has 2 N–H and O–H groups in total. The van der Waals surface area contributed by atoms with Gasteiger partial charge in [0, 0.05) is 0 Å². The summed E-state index contributed by atoms with van der Waals surface area (Å²) in [5.74, 6) is -0.131. The standard InChI is InChI=1S/C14H11ClN2O3S/c1-9-6-12(4-2-10(9)8-16)21(19,20)17-11-3-5-14(18)13(15)7-11/h2-7,17-18H,1H3. The second-order valence-corrected chi connectivity index (χ2v) is 6.45. The number of hydrogen-bond donors (Lipinski definition) is 2. The number of hydrogen-bond acceptors (Lipinski definition) is 4. The maximum Gasteiger partial charge on any atom is 0.261 e. The monoisotopic (exact) mass is 322 g/mol. The van der Waals surface area contributed by atoms with Gasteiger partial charge in [-0.3, -0.25) is 4.72 Å². The summed E-state index contributed by atoms with van der Waals surface area (Å²) in [7, 11) is -3.79. The van der Waals surface area contributed by atoms with Crippen LogP contribution in [-0.4, -0.2) is 13.5 Å². The van der Waals surface area contributed by atoms with Crippen LogP contribution in [0.15, 0.2) is 41.3 Å². The topological polar surface area (TPSA) is 90.2 Å². The van der Waals surface area contributed by atoms with Crippen molar-refractivity contribution in [2.45, 2.75) is 11.8 Å². The lowest BCUT2D eigenvalue weighted by Crippen LogP contribution is -2.13. The quantitative estimate of drug-likeness (QED) is 0.850. The molecule has 0 aliphatic rings. The van der Waals surface area contributed by atoms with Gasteiger partial charge in [0.15, 0.2) is 0 Å². The van der Waals surface area contributed by atoms with Crippen LogP contribution in [0.3, 0.4) is 0 Å². The van der Waals surface area contributed by atoms with E-state index in [1.54, 1.807) is 6.92 Å². The molecule has 0 fully saturated rings. The molecule has 2 rings (SSSR count). The second kappa shape index (κ2) is 5.64. The number of rotatable bonds is 3. The lowest BCUT2D eigenvalue weighted by Gasteiger charge is -2.10. The average Bonchev–Trinajstić information content (AvgIpc) is 2.42. The predicted molar refractivity (Wildman–Crippen MR) is 79.8 cm³/mol. The van der Waals surface area contributed by atoms with E-state index in [0.717, 1.165) is 0 Å². The molecular weight excluding hydrogens is 312 g/mol. The highest BCUT2D eigenvalue weighted by Gasteiger charge is 2.16. The Hall–Kier alpha value is -2.23. The Morgan fingerprint density at radius 1 is 1.24 bits per heavy atom. The maximum absolute atomic E-state index is 12.3. The SMILES string of the molecule is Cc1cc(S(=O)(=O)Nc2ccc(O)c(Cl)c2)ccc1C#N. The molecule has 0 bridgehead atoms. The Balaban J connectivity index is 2.36. The highest BCUT2D eigenvalue weighted by molar-refractivity contribution is 7.92. The zero-order valence-electron chi connectivity index (χ0n) is 11.0. The predicted octanol–water partition coefficient (Wildman–Crippen LogP) is 3.03. The van der Waals surface area contributed by atoms with E-state index in [1.807, 2.05) is 6.07 Å². The number of aromatic hydroxyl groups is 1. The van der Waals surface area contributed by atoms with Crippen LogP contribution in [0.25, 0.3) is 0 Å². The summed E-state index contributed by atoms with van der Waals surface area (Å²) >= 11 is 5.73. The van der Waals surface area contributed by atoms with Crippen LogP contribution in [0.5, 0.6) is 5.75 Å². The van der Waals surface area contributed by atoms with E-state index in [1.165, 1.54) is 36.4 Å². The lowest BCUT2D eigenvalue weighted by molar-refractivity contribution is 0.475. The van der Waals surface area contributed by atoms with E-state index in [9.17, 15) is 13.5 Å². The molecule has 0 aliphatic carbocycles. The molecule has 0 saturated heterocycles. The van der Waals surface area contributed by atoms with Gasteiger partial charge in [0.25, 0.3) is 10.0 Å². The van der Waals surface area contributed by atoms with E-state index in [-0.39, 0.29) is 21.4 Å². The number of aryl methyl sites for hydroxylation is 1. The molecule has 0 unspecified atom stereocenters. The van der Waals surface area contributed by atoms with Crippen molar-refractivity contribution in [1.82, 2.24) is 0 Å². The molecule has 0 amide bonds. The van der Waals surface area contributed by atoms with Crippen molar-refractivity contribution in [1.29, 1.82) is 5.26 Å². The molecule has 5 nitrogen and oxygen atoms in total. The fraction of sp³-hybridized carbons (Fsp3) is 0.0714. The molecule has 0 spiro atoms. The van der Waals surface area contributed by atoms with E-state index in [0.29, 0.717) is 11.1 Å². The van der Waals surface area contributed by atoms with Gasteiger partial charge >= 0.3 is 0 Å². The second-order valence-electron chi connectivity index (χ2n) is 4.36. The van der Waals surface area contributed by atoms with Gasteiger partial charge in [0.05, 0.1) is 27.2 Å². The van der Waals surface area contributed by atoms with Gasteiger partial charge in [-0.05, 0) is 48.9 Å². The molecule has 0 atom stereocenters. The van der Waals surface area contributed by atoms with E-state index < -0.39 is 10.0 Å². The first-order chi connectivity index (χ1) is 9.83. The number of phenols is 1. The lowest BCUT2D eigenvalue weighted by atomic mass is 10.1. The van der Waals surface area contributed by atoms with Crippen LogP contribution in [0.4, 0.5) is 5.69 Å². The number of anilines is 1. The summed E-state index contributed by atoms with van der Waals surface area (Å²) in [6.45, 7) is 1.66. The van der Waals surface area contributed by atoms with Crippen molar-refractivity contribution in [2.75, 3.05) is 4.72 Å². The summed E-state index contributed by atoms with van der Waals surface area (Å²) < 4.78 is 26.9. The number of nitriles is 1. The molecule has 108 valence electrons. The number of phenolic OH excluding ortho intramolecular Hbond substituents is 1. The maximum atomic E-state index is 12.3. The molecule has 0 aromatic heterocycles. The Bertz CT molecular complexity index is 842. The van der Waals surface area contributed by atoms with Gasteiger partial charge in [-0.1, -0.05) is 11.6 Å². The number of nitrogens with zero attached hydrogens (tertiary/aromatic N) is 1. The molecule has 2 aromatic rings. The van der Waals surface area contributed by atoms with Crippen molar-refractivity contribution in [2.24, 2.45) is 0 Å². The van der Waals surface area contributed by atoms with Gasteiger partial charge in [0.2, 0.25) is 0 Å². The molecule has 0 heterocycles. The van der Waals surface area contributed by atoms with Crippen LogP contribution >= 0.6 is 11.6 Å². The normalized spacial score (nSPS) is 10.9. The summed E-state index contributed by atoms with van der Waals surface area (Å²) in [6.07, 6.45) is 0. The number of benzene rings is 2. The van der Waals surface area contributed by atoms with Crippen molar-refractivity contribution in [3.63, 3.8) is 0 Å². The summed E-state index contributed by atoms with van der Waals surface area (Å²) in [5.41, 5.74) is 1.23. The smallest absolute Gasteiger partial charge is 0.261 e. The Kier molecular flexibility index (Phi) is 4.07. The van der Waals surface area contributed by atoms with Gasteiger partial charge in [-0.25, -0.2) is 8.42 Å². The molecule has 2 aromatic carbocycles. The zero-order chi connectivity index (χ0) is 15.6. The number of halogens is 1. The van der Waals surface area contributed by atoms with Crippen molar-refractivity contribution in [3.05, 3.63) is 52.5 Å².